The monoisotopic (exact) mass is 395 g/mol. The molecule has 0 N–H and O–H groups in total. The van der Waals surface area contributed by atoms with E-state index in [4.69, 9.17) is 9.57 Å². The van der Waals surface area contributed by atoms with Gasteiger partial charge >= 0.3 is 6.16 Å². The molecule has 28 heavy (non-hydrogen) atoms. The van der Waals surface area contributed by atoms with Crippen molar-refractivity contribution in [3.05, 3.63) is 0 Å². The molecule has 0 bridgehead atoms. The highest BCUT2D eigenvalue weighted by molar-refractivity contribution is 5.76. The number of hydrogen-bond acceptors (Lipinski definition) is 6. The quantitative estimate of drug-likeness (QED) is 0.682. The first-order chi connectivity index (χ1) is 13.5. The third-order valence-electron chi connectivity index (χ3n) is 6.60. The van der Waals surface area contributed by atoms with Crippen LogP contribution < -0.4 is 0 Å². The molecule has 3 aliphatic rings. The van der Waals surface area contributed by atoms with Crippen molar-refractivity contribution in [3.63, 3.8) is 0 Å². The molecule has 160 valence electrons. The van der Waals surface area contributed by atoms with Crippen molar-refractivity contribution < 1.29 is 19.2 Å². The number of piperidine rings is 2. The number of nitrogens with zero attached hydrogens (tertiary/aromatic N) is 3. The Morgan fingerprint density at radius 2 is 1.68 bits per heavy atom. The Labute approximate surface area is 169 Å². The lowest BCUT2D eigenvalue weighted by Crippen LogP contribution is -2.56. The summed E-state index contributed by atoms with van der Waals surface area (Å²) >= 11 is 0. The highest BCUT2D eigenvalue weighted by Crippen LogP contribution is 2.30. The second-order valence-electron chi connectivity index (χ2n) is 8.62. The number of amides is 1. The molecule has 0 aromatic rings. The molecule has 0 radical (unpaired) electrons. The fourth-order valence-electron chi connectivity index (χ4n) is 5.19. The van der Waals surface area contributed by atoms with Crippen LogP contribution in [-0.2, 0) is 14.4 Å². The molecule has 0 saturated carbocycles. The number of carbonyl (C=O) groups excluding carboxylic acids is 2. The smallest absolute Gasteiger partial charge is 0.433 e. The van der Waals surface area contributed by atoms with E-state index in [1.165, 1.54) is 6.42 Å². The third kappa shape index (κ3) is 5.17. The summed E-state index contributed by atoms with van der Waals surface area (Å²) in [5, 5.41) is 1.80. The normalized spacial score (nSPS) is 31.5. The molecule has 7 nitrogen and oxygen atoms in total. The molecule has 0 aromatic heterocycles. The lowest BCUT2D eigenvalue weighted by molar-refractivity contribution is -0.196. The number of ether oxygens (including phenoxy) is 1. The van der Waals surface area contributed by atoms with Gasteiger partial charge in [-0.05, 0) is 59.3 Å². The van der Waals surface area contributed by atoms with E-state index in [0.29, 0.717) is 24.6 Å². The zero-order valence-corrected chi connectivity index (χ0v) is 17.8. The van der Waals surface area contributed by atoms with Gasteiger partial charge in [0.2, 0.25) is 5.91 Å². The molecule has 0 spiro atoms. The molecule has 3 aliphatic heterocycles. The van der Waals surface area contributed by atoms with E-state index in [2.05, 4.69) is 23.6 Å². The molecule has 3 heterocycles. The zero-order valence-electron chi connectivity index (χ0n) is 17.8. The second-order valence-corrected chi connectivity index (χ2v) is 8.62. The number of rotatable bonds is 4. The molecule has 3 rings (SSSR count). The predicted octanol–water partition coefficient (Wildman–Crippen LogP) is 3.18. The van der Waals surface area contributed by atoms with Gasteiger partial charge in [0.05, 0.1) is 6.61 Å². The maximum Gasteiger partial charge on any atom is 0.527 e. The molecule has 3 fully saturated rings. The first kappa shape index (κ1) is 21.4. The number of likely N-dealkylation sites (tertiary alicyclic amines) is 2. The fourth-order valence-corrected chi connectivity index (χ4v) is 5.19. The van der Waals surface area contributed by atoms with Gasteiger partial charge in [-0.2, -0.15) is 0 Å². The van der Waals surface area contributed by atoms with E-state index in [1.807, 2.05) is 0 Å². The molecular formula is C21H37N3O4. The van der Waals surface area contributed by atoms with Gasteiger partial charge in [-0.25, -0.2) is 4.79 Å². The summed E-state index contributed by atoms with van der Waals surface area (Å²) in [6.45, 7) is 9.39. The highest BCUT2D eigenvalue weighted by atomic mass is 16.8. The van der Waals surface area contributed by atoms with E-state index in [1.54, 1.807) is 12.0 Å². The van der Waals surface area contributed by atoms with Gasteiger partial charge in [0, 0.05) is 50.2 Å². The maximum absolute atomic E-state index is 12.4. The van der Waals surface area contributed by atoms with Gasteiger partial charge in [-0.3, -0.25) is 4.79 Å². The van der Waals surface area contributed by atoms with Crippen molar-refractivity contribution in [1.29, 1.82) is 0 Å². The van der Waals surface area contributed by atoms with Crippen LogP contribution in [0.3, 0.4) is 0 Å². The van der Waals surface area contributed by atoms with Gasteiger partial charge in [-0.1, -0.05) is 6.42 Å². The lowest BCUT2D eigenvalue weighted by Gasteiger charge is -2.47. The van der Waals surface area contributed by atoms with Crippen LogP contribution >= 0.6 is 0 Å². The Morgan fingerprint density at radius 1 is 1.00 bits per heavy atom. The van der Waals surface area contributed by atoms with Crippen molar-refractivity contribution in [2.24, 2.45) is 0 Å². The second kappa shape index (κ2) is 9.92. The third-order valence-corrected chi connectivity index (χ3v) is 6.60. The summed E-state index contributed by atoms with van der Waals surface area (Å²) in [5.41, 5.74) is 0. The van der Waals surface area contributed by atoms with Gasteiger partial charge in [-0.15, -0.1) is 5.06 Å². The van der Waals surface area contributed by atoms with Crippen molar-refractivity contribution >= 4 is 12.1 Å². The average molecular weight is 396 g/mol. The fraction of sp³-hybridized carbons (Fsp3) is 0.905. The van der Waals surface area contributed by atoms with Crippen LogP contribution in [0.4, 0.5) is 4.79 Å². The van der Waals surface area contributed by atoms with Crippen LogP contribution in [0.2, 0.25) is 0 Å². The number of hydroxylamine groups is 2. The molecule has 2 atom stereocenters. The molecule has 2 unspecified atom stereocenters. The molecule has 3 saturated heterocycles. The van der Waals surface area contributed by atoms with Gasteiger partial charge in [0.1, 0.15) is 0 Å². The van der Waals surface area contributed by atoms with Crippen LogP contribution in [0.1, 0.15) is 72.1 Å². The van der Waals surface area contributed by atoms with E-state index in [9.17, 15) is 9.59 Å². The molecule has 0 aliphatic carbocycles. The van der Waals surface area contributed by atoms with Crippen LogP contribution in [0.15, 0.2) is 0 Å². The zero-order chi connectivity index (χ0) is 20.1. The summed E-state index contributed by atoms with van der Waals surface area (Å²) in [7, 11) is 0. The first-order valence-electron chi connectivity index (χ1n) is 11.2. The Balaban J connectivity index is 1.50. The summed E-state index contributed by atoms with van der Waals surface area (Å²) in [6.07, 6.45) is 7.63. The Morgan fingerprint density at radius 3 is 2.32 bits per heavy atom. The number of carbonyl (C=O) groups is 2. The van der Waals surface area contributed by atoms with E-state index in [0.717, 1.165) is 64.6 Å². The van der Waals surface area contributed by atoms with Crippen LogP contribution in [0.5, 0.6) is 0 Å². The maximum atomic E-state index is 12.4. The van der Waals surface area contributed by atoms with E-state index >= 15 is 0 Å². The highest BCUT2D eigenvalue weighted by Gasteiger charge is 2.38. The number of hydrogen-bond donors (Lipinski definition) is 0. The molecular weight excluding hydrogens is 358 g/mol. The minimum atomic E-state index is -0.609. The van der Waals surface area contributed by atoms with Crippen molar-refractivity contribution in [2.45, 2.75) is 96.3 Å². The van der Waals surface area contributed by atoms with Crippen LogP contribution in [0, 0.1) is 0 Å². The first-order valence-corrected chi connectivity index (χ1v) is 11.2. The largest absolute Gasteiger partial charge is 0.527 e. The summed E-state index contributed by atoms with van der Waals surface area (Å²) in [6, 6.07) is 1.27. The summed E-state index contributed by atoms with van der Waals surface area (Å²) in [5.74, 6) is 0.364. The Hall–Kier alpha value is -1.34. The predicted molar refractivity (Wildman–Crippen MR) is 107 cm³/mol. The van der Waals surface area contributed by atoms with Crippen molar-refractivity contribution in [2.75, 3.05) is 26.2 Å². The Bertz CT molecular complexity index is 524. The van der Waals surface area contributed by atoms with Gasteiger partial charge in [0.25, 0.3) is 0 Å². The summed E-state index contributed by atoms with van der Waals surface area (Å²) < 4.78 is 4.93. The topological polar surface area (TPSA) is 62.3 Å². The minimum Gasteiger partial charge on any atom is -0.433 e. The lowest BCUT2D eigenvalue weighted by atomic mass is 9.91. The van der Waals surface area contributed by atoms with E-state index < -0.39 is 6.16 Å². The van der Waals surface area contributed by atoms with Crippen LogP contribution in [-0.4, -0.2) is 77.3 Å². The summed E-state index contributed by atoms with van der Waals surface area (Å²) in [4.78, 5) is 34.3. The van der Waals surface area contributed by atoms with Gasteiger partial charge < -0.3 is 19.4 Å². The molecule has 0 aromatic carbocycles. The standard InChI is InChI=1S/C21H37N3O4/c1-4-27-21(26)28-24-16(2)14-19(15-17(24)3)22-12-9-18(10-13-22)23-11-7-5-6-8-20(23)25/h16-19H,4-15H2,1-3H3. The Kier molecular flexibility index (Phi) is 7.57. The molecule has 7 heteroatoms. The minimum absolute atomic E-state index is 0.170. The van der Waals surface area contributed by atoms with Gasteiger partial charge in [0.15, 0.2) is 0 Å². The van der Waals surface area contributed by atoms with Crippen molar-refractivity contribution in [3.8, 4) is 0 Å². The van der Waals surface area contributed by atoms with Crippen molar-refractivity contribution in [1.82, 2.24) is 14.9 Å². The molecule has 1 amide bonds. The SMILES string of the molecule is CCOC(=O)ON1C(C)CC(N2CCC(N3CCCCCC3=O)CC2)CC1C. The average Bonchev–Trinajstić information content (AvgIpc) is 2.89. The van der Waals surface area contributed by atoms with Crippen LogP contribution in [0.25, 0.3) is 0 Å². The van der Waals surface area contributed by atoms with E-state index in [-0.39, 0.29) is 12.1 Å².